The second-order valence-corrected chi connectivity index (χ2v) is 10.8. The summed E-state index contributed by atoms with van der Waals surface area (Å²) in [6.07, 6.45) is 0.351. The molecule has 0 saturated carbocycles. The van der Waals surface area contributed by atoms with Crippen molar-refractivity contribution in [1.82, 2.24) is 0 Å². The minimum absolute atomic E-state index is 0.00399. The van der Waals surface area contributed by atoms with Crippen LogP contribution in [0.25, 0.3) is 0 Å². The number of esters is 1. The Labute approximate surface area is 293 Å². The Kier molecular flexibility index (Phi) is 25.0. The summed E-state index contributed by atoms with van der Waals surface area (Å²) in [6.45, 7) is 9.73. The lowest BCUT2D eigenvalue weighted by Gasteiger charge is -2.13. The molecule has 0 spiro atoms. The summed E-state index contributed by atoms with van der Waals surface area (Å²) < 4.78 is 88.1. The molecule has 0 aliphatic heterocycles. The van der Waals surface area contributed by atoms with Gasteiger partial charge in [0.1, 0.15) is 6.61 Å². The zero-order valence-corrected chi connectivity index (χ0v) is 29.2. The molecule has 0 radical (unpaired) electrons. The van der Waals surface area contributed by atoms with Crippen LogP contribution in [-0.2, 0) is 48.8 Å². The van der Waals surface area contributed by atoms with Crippen LogP contribution in [0.4, 0.5) is 24.5 Å². The second-order valence-electron chi connectivity index (χ2n) is 10.8. The molecule has 50 heavy (non-hydrogen) atoms. The van der Waals surface area contributed by atoms with E-state index in [0.29, 0.717) is 98.2 Å². The molecule has 0 aromatic heterocycles. The van der Waals surface area contributed by atoms with Gasteiger partial charge in [0.05, 0.1) is 116 Å². The highest BCUT2D eigenvalue weighted by atomic mass is 19.4. The minimum Gasteiger partial charge on any atom is -0.460 e. The minimum atomic E-state index is -4.47. The van der Waals surface area contributed by atoms with Crippen LogP contribution in [0.5, 0.6) is 0 Å². The predicted octanol–water partition coefficient (Wildman–Crippen LogP) is 6.32. The fraction of sp³-hybridized carbons (Fsp3) is 0.639. The SMILES string of the molecule is CCCCCCOCCOCCOCCOCCOCCOCCOCCOCCOC(=O)c1ccccc1Nc1cccc(C(F)(F)F)c1. The zero-order valence-electron chi connectivity index (χ0n) is 29.2. The molecule has 1 N–H and O–H groups in total. The van der Waals surface area contributed by atoms with Gasteiger partial charge in [-0.1, -0.05) is 44.4 Å². The molecular formula is C36H54F3NO10. The predicted molar refractivity (Wildman–Crippen MR) is 182 cm³/mol. The third-order valence-electron chi connectivity index (χ3n) is 6.82. The largest absolute Gasteiger partial charge is 0.460 e. The number of anilines is 2. The molecule has 0 unspecified atom stereocenters. The lowest BCUT2D eigenvalue weighted by Crippen LogP contribution is -2.16. The van der Waals surface area contributed by atoms with E-state index in [4.69, 9.17) is 42.6 Å². The number of para-hydroxylation sites is 1. The summed E-state index contributed by atoms with van der Waals surface area (Å²) in [7, 11) is 0. The smallest absolute Gasteiger partial charge is 0.416 e. The number of unbranched alkanes of at least 4 members (excludes halogenated alkanes) is 3. The monoisotopic (exact) mass is 717 g/mol. The van der Waals surface area contributed by atoms with Gasteiger partial charge >= 0.3 is 12.1 Å². The van der Waals surface area contributed by atoms with Gasteiger partial charge in [-0.25, -0.2) is 4.79 Å². The lowest BCUT2D eigenvalue weighted by molar-refractivity contribution is -0.137. The third kappa shape index (κ3) is 22.1. The van der Waals surface area contributed by atoms with Gasteiger partial charge in [-0.2, -0.15) is 13.2 Å². The van der Waals surface area contributed by atoms with Crippen LogP contribution in [0.1, 0.15) is 48.5 Å². The maximum Gasteiger partial charge on any atom is 0.416 e. The third-order valence-corrected chi connectivity index (χ3v) is 6.82. The van der Waals surface area contributed by atoms with Crippen LogP contribution in [0.15, 0.2) is 48.5 Å². The number of nitrogens with one attached hydrogen (secondary N) is 1. The molecule has 11 nitrogen and oxygen atoms in total. The van der Waals surface area contributed by atoms with E-state index in [2.05, 4.69) is 12.2 Å². The Bertz CT molecular complexity index is 1130. The standard InChI is InChI=1S/C36H54F3NO10/c1-2-3-4-7-13-42-14-15-43-16-17-44-18-19-45-20-21-46-22-23-47-24-25-48-26-27-49-28-29-50-35(41)33-11-5-6-12-34(33)40-32-10-8-9-31(30-32)36(37,38)39/h5-6,8-12,30,40H,2-4,7,13-29H2,1H3. The molecular weight excluding hydrogens is 663 g/mol. The van der Waals surface area contributed by atoms with Crippen LogP contribution in [-0.4, -0.2) is 118 Å². The molecule has 0 aliphatic rings. The first kappa shape index (κ1) is 43.3. The van der Waals surface area contributed by atoms with E-state index in [0.717, 1.165) is 25.2 Å². The van der Waals surface area contributed by atoms with Gasteiger partial charge in [0.25, 0.3) is 0 Å². The van der Waals surface area contributed by atoms with Gasteiger partial charge in [-0.3, -0.25) is 0 Å². The van der Waals surface area contributed by atoms with E-state index in [9.17, 15) is 18.0 Å². The Balaban J connectivity index is 1.33. The molecule has 0 amide bonds. The van der Waals surface area contributed by atoms with E-state index >= 15 is 0 Å². The Morgan fingerprint density at radius 3 is 1.50 bits per heavy atom. The highest BCUT2D eigenvalue weighted by Crippen LogP contribution is 2.32. The normalized spacial score (nSPS) is 11.6. The molecule has 2 rings (SSSR count). The maximum atomic E-state index is 13.0. The van der Waals surface area contributed by atoms with Crippen molar-refractivity contribution < 1.29 is 60.6 Å². The first-order valence-corrected chi connectivity index (χ1v) is 17.2. The number of carbonyl (C=O) groups excluding carboxylic acids is 1. The Hall–Kier alpha value is -2.82. The van der Waals surface area contributed by atoms with Crippen molar-refractivity contribution in [1.29, 1.82) is 0 Å². The van der Waals surface area contributed by atoms with Gasteiger partial charge < -0.3 is 47.9 Å². The fourth-order valence-electron chi connectivity index (χ4n) is 4.24. The van der Waals surface area contributed by atoms with Crippen LogP contribution < -0.4 is 5.32 Å². The highest BCUT2D eigenvalue weighted by Gasteiger charge is 2.30. The summed E-state index contributed by atoms with van der Waals surface area (Å²) in [4.78, 5) is 12.6. The molecule has 0 bridgehead atoms. The quantitative estimate of drug-likeness (QED) is 0.0678. The zero-order chi connectivity index (χ0) is 36.0. The van der Waals surface area contributed by atoms with Gasteiger partial charge in [0.15, 0.2) is 0 Å². The van der Waals surface area contributed by atoms with Gasteiger partial charge in [0, 0.05) is 12.3 Å². The number of hydrogen-bond acceptors (Lipinski definition) is 11. The van der Waals surface area contributed by atoms with Gasteiger partial charge in [0.2, 0.25) is 0 Å². The first-order valence-electron chi connectivity index (χ1n) is 17.2. The molecule has 0 heterocycles. The molecule has 284 valence electrons. The van der Waals surface area contributed by atoms with E-state index in [1.54, 1.807) is 18.2 Å². The van der Waals surface area contributed by atoms with Gasteiger partial charge in [-0.05, 0) is 36.8 Å². The number of alkyl halides is 3. The van der Waals surface area contributed by atoms with E-state index in [1.807, 2.05) is 0 Å². The fourth-order valence-corrected chi connectivity index (χ4v) is 4.24. The van der Waals surface area contributed by atoms with E-state index < -0.39 is 17.7 Å². The van der Waals surface area contributed by atoms with Crippen LogP contribution in [0.3, 0.4) is 0 Å². The van der Waals surface area contributed by atoms with Crippen LogP contribution in [0, 0.1) is 0 Å². The molecule has 14 heteroatoms. The van der Waals surface area contributed by atoms with Crippen molar-refractivity contribution in [3.05, 3.63) is 59.7 Å². The average molecular weight is 718 g/mol. The van der Waals surface area contributed by atoms with Crippen molar-refractivity contribution in [2.24, 2.45) is 0 Å². The summed E-state index contributed by atoms with van der Waals surface area (Å²) >= 11 is 0. The maximum absolute atomic E-state index is 13.0. The summed E-state index contributed by atoms with van der Waals surface area (Å²) in [5.74, 6) is -0.624. The summed E-state index contributed by atoms with van der Waals surface area (Å²) in [5.41, 5.74) is -0.0759. The average Bonchev–Trinajstić information content (AvgIpc) is 3.11. The number of rotatable bonds is 32. The molecule has 0 saturated heterocycles. The molecule has 2 aromatic carbocycles. The van der Waals surface area contributed by atoms with E-state index in [-0.39, 0.29) is 24.5 Å². The van der Waals surface area contributed by atoms with Crippen molar-refractivity contribution in [2.75, 3.05) is 118 Å². The summed E-state index contributed by atoms with van der Waals surface area (Å²) in [5, 5.41) is 2.86. The van der Waals surface area contributed by atoms with E-state index in [1.165, 1.54) is 37.5 Å². The molecule has 2 aromatic rings. The van der Waals surface area contributed by atoms with Crippen molar-refractivity contribution in [3.8, 4) is 0 Å². The number of benzene rings is 2. The first-order chi connectivity index (χ1) is 24.4. The van der Waals surface area contributed by atoms with Crippen molar-refractivity contribution in [2.45, 2.75) is 38.8 Å². The van der Waals surface area contributed by atoms with Gasteiger partial charge in [-0.15, -0.1) is 0 Å². The summed E-state index contributed by atoms with van der Waals surface area (Å²) in [6, 6.07) is 11.2. The number of halogens is 3. The van der Waals surface area contributed by atoms with Crippen LogP contribution >= 0.6 is 0 Å². The second kappa shape index (κ2) is 28.8. The number of carbonyl (C=O) groups is 1. The topological polar surface area (TPSA) is 112 Å². The molecule has 0 aliphatic carbocycles. The lowest BCUT2D eigenvalue weighted by atomic mass is 10.1. The Morgan fingerprint density at radius 1 is 0.560 bits per heavy atom. The number of ether oxygens (including phenoxy) is 9. The van der Waals surface area contributed by atoms with Crippen LogP contribution in [0.2, 0.25) is 0 Å². The number of hydrogen-bond donors (Lipinski definition) is 1. The Morgan fingerprint density at radius 2 is 1.02 bits per heavy atom. The van der Waals surface area contributed by atoms with Crippen molar-refractivity contribution in [3.63, 3.8) is 0 Å². The van der Waals surface area contributed by atoms with Crippen molar-refractivity contribution >= 4 is 17.3 Å². The molecule has 0 atom stereocenters. The molecule has 0 fully saturated rings. The highest BCUT2D eigenvalue weighted by molar-refractivity contribution is 5.96.